The standard InChI is InChI=1S/C16H19NO/c1-11(2)18-16-13(4)6-5-7-14(16)15-10-12(3)8-9-17-15/h5-11H,1-4H3. The predicted octanol–water partition coefficient (Wildman–Crippen LogP) is 4.15. The van der Waals surface area contributed by atoms with Gasteiger partial charge in [-0.2, -0.15) is 0 Å². The minimum Gasteiger partial charge on any atom is -0.490 e. The van der Waals surface area contributed by atoms with Crippen LogP contribution < -0.4 is 4.74 Å². The lowest BCUT2D eigenvalue weighted by atomic mass is 10.0. The van der Waals surface area contributed by atoms with Crippen LogP contribution >= 0.6 is 0 Å². The van der Waals surface area contributed by atoms with Gasteiger partial charge in [-0.1, -0.05) is 12.1 Å². The molecular formula is C16H19NO. The largest absolute Gasteiger partial charge is 0.490 e. The van der Waals surface area contributed by atoms with Gasteiger partial charge in [0.15, 0.2) is 0 Å². The Kier molecular flexibility index (Phi) is 3.66. The summed E-state index contributed by atoms with van der Waals surface area (Å²) in [6, 6.07) is 10.3. The van der Waals surface area contributed by atoms with Crippen LogP contribution in [-0.4, -0.2) is 11.1 Å². The molecule has 0 aliphatic heterocycles. The van der Waals surface area contributed by atoms with Crippen molar-refractivity contribution in [1.82, 2.24) is 4.98 Å². The molecule has 2 nitrogen and oxygen atoms in total. The quantitative estimate of drug-likeness (QED) is 0.805. The van der Waals surface area contributed by atoms with Crippen molar-refractivity contribution in [2.75, 3.05) is 0 Å². The summed E-state index contributed by atoms with van der Waals surface area (Å²) in [4.78, 5) is 4.44. The third-order valence-corrected chi connectivity index (χ3v) is 2.76. The summed E-state index contributed by atoms with van der Waals surface area (Å²) in [6.45, 7) is 8.22. The summed E-state index contributed by atoms with van der Waals surface area (Å²) < 4.78 is 5.93. The van der Waals surface area contributed by atoms with Crippen LogP contribution in [0.5, 0.6) is 5.75 Å². The number of aromatic nitrogens is 1. The predicted molar refractivity (Wildman–Crippen MR) is 74.9 cm³/mol. The number of hydrogen-bond donors (Lipinski definition) is 0. The molecule has 18 heavy (non-hydrogen) atoms. The van der Waals surface area contributed by atoms with Crippen molar-refractivity contribution in [1.29, 1.82) is 0 Å². The van der Waals surface area contributed by atoms with Gasteiger partial charge in [-0.15, -0.1) is 0 Å². The van der Waals surface area contributed by atoms with Crippen molar-refractivity contribution in [3.8, 4) is 17.0 Å². The number of benzene rings is 1. The third kappa shape index (κ3) is 2.70. The number of nitrogens with zero attached hydrogens (tertiary/aromatic N) is 1. The lowest BCUT2D eigenvalue weighted by Gasteiger charge is -2.16. The van der Waals surface area contributed by atoms with E-state index in [2.05, 4.69) is 37.0 Å². The fraction of sp³-hybridized carbons (Fsp3) is 0.312. The maximum absolute atomic E-state index is 5.93. The van der Waals surface area contributed by atoms with Crippen molar-refractivity contribution in [3.63, 3.8) is 0 Å². The molecule has 2 aromatic rings. The Hall–Kier alpha value is -1.83. The van der Waals surface area contributed by atoms with E-state index < -0.39 is 0 Å². The van der Waals surface area contributed by atoms with Crippen LogP contribution in [0.25, 0.3) is 11.3 Å². The Bertz CT molecular complexity index is 547. The van der Waals surface area contributed by atoms with E-state index in [1.165, 1.54) is 5.56 Å². The highest BCUT2D eigenvalue weighted by Gasteiger charge is 2.11. The van der Waals surface area contributed by atoms with Gasteiger partial charge in [0.2, 0.25) is 0 Å². The van der Waals surface area contributed by atoms with Crippen molar-refractivity contribution in [2.45, 2.75) is 33.8 Å². The molecule has 0 aliphatic rings. The zero-order chi connectivity index (χ0) is 13.1. The molecule has 2 rings (SSSR count). The Labute approximate surface area is 109 Å². The van der Waals surface area contributed by atoms with Crippen LogP contribution in [0.4, 0.5) is 0 Å². The Morgan fingerprint density at radius 2 is 1.89 bits per heavy atom. The van der Waals surface area contributed by atoms with Gasteiger partial charge in [0.25, 0.3) is 0 Å². The molecule has 0 amide bonds. The average Bonchev–Trinajstić information content (AvgIpc) is 2.31. The van der Waals surface area contributed by atoms with Gasteiger partial charge >= 0.3 is 0 Å². The topological polar surface area (TPSA) is 22.1 Å². The van der Waals surface area contributed by atoms with E-state index in [1.54, 1.807) is 0 Å². The fourth-order valence-electron chi connectivity index (χ4n) is 1.93. The Morgan fingerprint density at radius 3 is 2.56 bits per heavy atom. The third-order valence-electron chi connectivity index (χ3n) is 2.76. The van der Waals surface area contributed by atoms with E-state index in [9.17, 15) is 0 Å². The number of ether oxygens (including phenoxy) is 1. The monoisotopic (exact) mass is 241 g/mol. The lowest BCUT2D eigenvalue weighted by Crippen LogP contribution is -2.08. The summed E-state index contributed by atoms with van der Waals surface area (Å²) in [5.74, 6) is 0.936. The molecule has 0 saturated carbocycles. The normalized spacial score (nSPS) is 10.7. The summed E-state index contributed by atoms with van der Waals surface area (Å²) in [5.41, 5.74) is 4.38. The maximum atomic E-state index is 5.93. The summed E-state index contributed by atoms with van der Waals surface area (Å²) >= 11 is 0. The van der Waals surface area contributed by atoms with Crippen LogP contribution in [0.2, 0.25) is 0 Å². The molecule has 0 atom stereocenters. The van der Waals surface area contributed by atoms with Crippen LogP contribution in [-0.2, 0) is 0 Å². The maximum Gasteiger partial charge on any atom is 0.131 e. The van der Waals surface area contributed by atoms with Gasteiger partial charge < -0.3 is 4.74 Å². The van der Waals surface area contributed by atoms with Crippen molar-refractivity contribution >= 4 is 0 Å². The van der Waals surface area contributed by atoms with Gasteiger partial charge in [0.1, 0.15) is 5.75 Å². The second kappa shape index (κ2) is 5.21. The van der Waals surface area contributed by atoms with Gasteiger partial charge in [-0.3, -0.25) is 4.98 Å². The molecule has 0 bridgehead atoms. The summed E-state index contributed by atoms with van der Waals surface area (Å²) in [6.07, 6.45) is 2.00. The number of aryl methyl sites for hydroxylation is 2. The first kappa shape index (κ1) is 12.6. The average molecular weight is 241 g/mol. The van der Waals surface area contributed by atoms with Gasteiger partial charge in [-0.05, 0) is 57.0 Å². The molecule has 1 heterocycles. The van der Waals surface area contributed by atoms with Crippen LogP contribution in [0.3, 0.4) is 0 Å². The molecule has 0 unspecified atom stereocenters. The van der Waals surface area contributed by atoms with Crippen molar-refractivity contribution in [3.05, 3.63) is 47.7 Å². The molecule has 94 valence electrons. The number of hydrogen-bond acceptors (Lipinski definition) is 2. The van der Waals surface area contributed by atoms with Crippen molar-refractivity contribution in [2.24, 2.45) is 0 Å². The van der Waals surface area contributed by atoms with E-state index >= 15 is 0 Å². The van der Waals surface area contributed by atoms with Gasteiger partial charge in [0.05, 0.1) is 11.8 Å². The zero-order valence-corrected chi connectivity index (χ0v) is 11.4. The number of rotatable bonds is 3. The fourth-order valence-corrected chi connectivity index (χ4v) is 1.93. The highest BCUT2D eigenvalue weighted by atomic mass is 16.5. The van der Waals surface area contributed by atoms with E-state index in [1.807, 2.05) is 32.2 Å². The zero-order valence-electron chi connectivity index (χ0n) is 11.4. The van der Waals surface area contributed by atoms with E-state index in [4.69, 9.17) is 4.74 Å². The first-order valence-electron chi connectivity index (χ1n) is 6.27. The van der Waals surface area contributed by atoms with Gasteiger partial charge in [0, 0.05) is 11.8 Å². The molecule has 0 saturated heterocycles. The number of pyridine rings is 1. The lowest BCUT2D eigenvalue weighted by molar-refractivity contribution is 0.242. The Morgan fingerprint density at radius 1 is 1.11 bits per heavy atom. The summed E-state index contributed by atoms with van der Waals surface area (Å²) in [5, 5.41) is 0. The SMILES string of the molecule is Cc1ccnc(-c2cccc(C)c2OC(C)C)c1. The molecule has 0 N–H and O–H groups in total. The first-order valence-corrected chi connectivity index (χ1v) is 6.27. The molecule has 0 fully saturated rings. The molecule has 1 aromatic carbocycles. The minimum absolute atomic E-state index is 0.162. The second-order valence-electron chi connectivity index (χ2n) is 4.84. The molecule has 0 radical (unpaired) electrons. The molecule has 0 spiro atoms. The van der Waals surface area contributed by atoms with E-state index in [0.717, 1.165) is 22.6 Å². The molecule has 0 aliphatic carbocycles. The number of para-hydroxylation sites is 1. The molecular weight excluding hydrogens is 222 g/mol. The second-order valence-corrected chi connectivity index (χ2v) is 4.84. The van der Waals surface area contributed by atoms with Crippen LogP contribution in [0.1, 0.15) is 25.0 Å². The van der Waals surface area contributed by atoms with E-state index in [-0.39, 0.29) is 6.10 Å². The summed E-state index contributed by atoms with van der Waals surface area (Å²) in [7, 11) is 0. The first-order chi connectivity index (χ1) is 8.58. The van der Waals surface area contributed by atoms with Crippen LogP contribution in [0.15, 0.2) is 36.5 Å². The minimum atomic E-state index is 0.162. The van der Waals surface area contributed by atoms with Crippen molar-refractivity contribution < 1.29 is 4.74 Å². The molecule has 2 heteroatoms. The Balaban J connectivity index is 2.53. The van der Waals surface area contributed by atoms with Crippen LogP contribution in [0, 0.1) is 13.8 Å². The highest BCUT2D eigenvalue weighted by Crippen LogP contribution is 2.32. The van der Waals surface area contributed by atoms with Gasteiger partial charge in [-0.25, -0.2) is 0 Å². The molecule has 1 aromatic heterocycles. The smallest absolute Gasteiger partial charge is 0.131 e. The van der Waals surface area contributed by atoms with E-state index in [0.29, 0.717) is 0 Å². The highest BCUT2D eigenvalue weighted by molar-refractivity contribution is 5.69.